The molecule has 3 N–H and O–H groups in total. The van der Waals surface area contributed by atoms with Crippen molar-refractivity contribution in [2.45, 2.75) is 52.9 Å². The maximum Gasteiger partial charge on any atom is 0.254 e. The van der Waals surface area contributed by atoms with Gasteiger partial charge in [0.1, 0.15) is 5.76 Å². The molecule has 40 heavy (non-hydrogen) atoms. The van der Waals surface area contributed by atoms with Gasteiger partial charge in [-0.15, -0.1) is 0 Å². The lowest BCUT2D eigenvalue weighted by atomic mass is 9.85. The fourth-order valence-corrected chi connectivity index (χ4v) is 5.63. The first-order valence-corrected chi connectivity index (χ1v) is 14.3. The normalized spacial score (nSPS) is 15.1. The molecule has 2 amide bonds. The van der Waals surface area contributed by atoms with Crippen LogP contribution in [0.25, 0.3) is 0 Å². The zero-order chi connectivity index (χ0) is 28.8. The first-order valence-electron chi connectivity index (χ1n) is 13.3. The molecular weight excluding hydrogens is 520 g/mol. The van der Waals surface area contributed by atoms with E-state index in [1.165, 1.54) is 23.6 Å². The number of allylic oxidation sites excluding steroid dienone is 2. The lowest BCUT2D eigenvalue weighted by molar-refractivity contribution is -0.114. The van der Waals surface area contributed by atoms with E-state index in [1.54, 1.807) is 19.1 Å². The largest absolute Gasteiger partial charge is 0.468 e. The smallest absolute Gasteiger partial charge is 0.254 e. The third-order valence-electron chi connectivity index (χ3n) is 6.91. The summed E-state index contributed by atoms with van der Waals surface area (Å²) in [6, 6.07) is 19.5. The molecular formula is C32H34N4O3S. The first kappa shape index (κ1) is 28.8. The molecule has 0 radical (unpaired) electrons. The minimum atomic E-state index is -0.718. The average molecular weight is 555 g/mol. The SMILES string of the molecule is CCc1cccc(C)c1NC(=O)C1=C(C)NC(SCC(=O)Nc2ccc(C(C)C)cc2)=C(C#N)C1c1ccco1. The van der Waals surface area contributed by atoms with Gasteiger partial charge in [-0.1, -0.05) is 62.9 Å². The van der Waals surface area contributed by atoms with Crippen molar-refractivity contribution in [2.75, 3.05) is 16.4 Å². The number of nitrogens with zero attached hydrogens (tertiary/aromatic N) is 1. The Kier molecular flexibility index (Phi) is 9.18. The van der Waals surface area contributed by atoms with Crippen LogP contribution < -0.4 is 16.0 Å². The summed E-state index contributed by atoms with van der Waals surface area (Å²) in [4.78, 5) is 26.5. The highest BCUT2D eigenvalue weighted by Gasteiger charge is 2.36. The molecule has 8 heteroatoms. The number of furan rings is 1. The fraction of sp³-hybridized carbons (Fsp3) is 0.281. The highest BCUT2D eigenvalue weighted by molar-refractivity contribution is 8.03. The molecule has 206 valence electrons. The van der Waals surface area contributed by atoms with Gasteiger partial charge in [-0.3, -0.25) is 9.59 Å². The summed E-state index contributed by atoms with van der Waals surface area (Å²) in [5.41, 5.74) is 5.99. The summed E-state index contributed by atoms with van der Waals surface area (Å²) < 4.78 is 5.72. The quantitative estimate of drug-likeness (QED) is 0.263. The number of carbonyl (C=O) groups excluding carboxylic acids is 2. The van der Waals surface area contributed by atoms with Crippen LogP contribution in [0, 0.1) is 18.3 Å². The number of thioether (sulfide) groups is 1. The number of hydrogen-bond acceptors (Lipinski definition) is 6. The first-order chi connectivity index (χ1) is 19.2. The van der Waals surface area contributed by atoms with E-state index in [2.05, 4.69) is 35.9 Å². The minimum absolute atomic E-state index is 0.0855. The van der Waals surface area contributed by atoms with Crippen LogP contribution in [0.5, 0.6) is 0 Å². The van der Waals surface area contributed by atoms with Crippen molar-refractivity contribution in [3.05, 3.63) is 105 Å². The van der Waals surface area contributed by atoms with E-state index in [1.807, 2.05) is 56.3 Å². The molecule has 1 aromatic heterocycles. The molecule has 2 aromatic carbocycles. The number of rotatable bonds is 9. The third kappa shape index (κ3) is 6.32. The summed E-state index contributed by atoms with van der Waals surface area (Å²) in [6.07, 6.45) is 2.29. The Morgan fingerprint density at radius 3 is 2.45 bits per heavy atom. The van der Waals surface area contributed by atoms with Crippen molar-refractivity contribution in [1.82, 2.24) is 5.32 Å². The number of benzene rings is 2. The fourth-order valence-electron chi connectivity index (χ4n) is 4.74. The Bertz CT molecular complexity index is 1500. The van der Waals surface area contributed by atoms with E-state index in [4.69, 9.17) is 4.42 Å². The maximum absolute atomic E-state index is 13.8. The topological polar surface area (TPSA) is 107 Å². The van der Waals surface area contributed by atoms with Crippen LogP contribution in [-0.2, 0) is 16.0 Å². The van der Waals surface area contributed by atoms with Crippen molar-refractivity contribution < 1.29 is 14.0 Å². The summed E-state index contributed by atoms with van der Waals surface area (Å²) >= 11 is 1.22. The summed E-state index contributed by atoms with van der Waals surface area (Å²) in [6.45, 7) is 10.0. The Labute approximate surface area is 239 Å². The monoisotopic (exact) mass is 554 g/mol. The Hall–Kier alpha value is -4.22. The molecule has 7 nitrogen and oxygen atoms in total. The van der Waals surface area contributed by atoms with Crippen molar-refractivity contribution in [2.24, 2.45) is 0 Å². The van der Waals surface area contributed by atoms with Crippen molar-refractivity contribution in [1.29, 1.82) is 5.26 Å². The molecule has 4 rings (SSSR count). The van der Waals surface area contributed by atoms with Gasteiger partial charge < -0.3 is 20.4 Å². The van der Waals surface area contributed by atoms with Gasteiger partial charge in [0.05, 0.1) is 40.2 Å². The van der Waals surface area contributed by atoms with Crippen LogP contribution in [0.1, 0.15) is 62.0 Å². The van der Waals surface area contributed by atoms with E-state index in [0.29, 0.717) is 39.2 Å². The van der Waals surface area contributed by atoms with Gasteiger partial charge in [-0.05, 0) is 67.1 Å². The van der Waals surface area contributed by atoms with Gasteiger partial charge in [0.2, 0.25) is 5.91 Å². The van der Waals surface area contributed by atoms with Crippen LogP contribution >= 0.6 is 11.8 Å². The number of hydrogen-bond donors (Lipinski definition) is 3. The molecule has 0 saturated carbocycles. The zero-order valence-electron chi connectivity index (χ0n) is 23.4. The molecule has 1 atom stereocenters. The van der Waals surface area contributed by atoms with Gasteiger partial charge in [-0.2, -0.15) is 5.26 Å². The van der Waals surface area contributed by atoms with E-state index in [9.17, 15) is 14.9 Å². The van der Waals surface area contributed by atoms with Crippen LogP contribution in [-0.4, -0.2) is 17.6 Å². The molecule has 0 saturated heterocycles. The second-order valence-corrected chi connectivity index (χ2v) is 11.0. The van der Waals surface area contributed by atoms with Crippen LogP contribution in [0.2, 0.25) is 0 Å². The lowest BCUT2D eigenvalue weighted by Crippen LogP contribution is -2.31. The Balaban J connectivity index is 1.57. The summed E-state index contributed by atoms with van der Waals surface area (Å²) in [5, 5.41) is 20.0. The molecule has 0 fully saturated rings. The molecule has 1 unspecified atom stereocenters. The van der Waals surface area contributed by atoms with Crippen LogP contribution in [0.15, 0.2) is 87.1 Å². The second-order valence-electron chi connectivity index (χ2n) is 10.00. The minimum Gasteiger partial charge on any atom is -0.468 e. The summed E-state index contributed by atoms with van der Waals surface area (Å²) in [7, 11) is 0. The van der Waals surface area contributed by atoms with Gasteiger partial charge in [0.25, 0.3) is 5.91 Å². The number of carbonyl (C=O) groups is 2. The van der Waals surface area contributed by atoms with Gasteiger partial charge >= 0.3 is 0 Å². The van der Waals surface area contributed by atoms with E-state index in [-0.39, 0.29) is 17.6 Å². The van der Waals surface area contributed by atoms with Gasteiger partial charge in [0, 0.05) is 17.1 Å². The van der Waals surface area contributed by atoms with E-state index < -0.39 is 5.92 Å². The molecule has 1 aliphatic rings. The highest BCUT2D eigenvalue weighted by atomic mass is 32.2. The van der Waals surface area contributed by atoms with Crippen LogP contribution in [0.4, 0.5) is 11.4 Å². The Morgan fingerprint density at radius 2 is 1.82 bits per heavy atom. The van der Waals surface area contributed by atoms with Crippen molar-refractivity contribution in [3.8, 4) is 6.07 Å². The van der Waals surface area contributed by atoms with Crippen molar-refractivity contribution in [3.63, 3.8) is 0 Å². The molecule has 1 aliphatic heterocycles. The van der Waals surface area contributed by atoms with Gasteiger partial charge in [0.15, 0.2) is 0 Å². The average Bonchev–Trinajstić information content (AvgIpc) is 3.47. The number of para-hydroxylation sites is 1. The molecule has 2 heterocycles. The number of dihydropyridines is 1. The zero-order valence-corrected chi connectivity index (χ0v) is 24.2. The Morgan fingerprint density at radius 1 is 1.07 bits per heavy atom. The van der Waals surface area contributed by atoms with Crippen LogP contribution in [0.3, 0.4) is 0 Å². The highest BCUT2D eigenvalue weighted by Crippen LogP contribution is 2.41. The standard InChI is InChI=1S/C32H34N4O3S/c1-6-22-10-7-9-20(4)30(22)36-31(38)28-21(5)34-32(25(17-33)29(28)26-11-8-16-39-26)40-18-27(37)35-24-14-12-23(13-15-24)19(2)3/h7-16,19,29,34H,6,18H2,1-5H3,(H,35,37)(H,36,38). The summed E-state index contributed by atoms with van der Waals surface area (Å²) in [5.74, 6) is -0.248. The van der Waals surface area contributed by atoms with E-state index >= 15 is 0 Å². The number of amides is 2. The predicted molar refractivity (Wildman–Crippen MR) is 161 cm³/mol. The van der Waals surface area contributed by atoms with Crippen molar-refractivity contribution >= 4 is 35.0 Å². The number of nitrogens with one attached hydrogen (secondary N) is 3. The lowest BCUT2D eigenvalue weighted by Gasteiger charge is -2.28. The predicted octanol–water partition coefficient (Wildman–Crippen LogP) is 6.98. The second kappa shape index (κ2) is 12.8. The third-order valence-corrected chi connectivity index (χ3v) is 7.92. The molecule has 0 spiro atoms. The van der Waals surface area contributed by atoms with Gasteiger partial charge in [-0.25, -0.2) is 0 Å². The van der Waals surface area contributed by atoms with E-state index in [0.717, 1.165) is 23.2 Å². The molecule has 0 bridgehead atoms. The molecule has 3 aromatic rings. The maximum atomic E-state index is 13.8. The number of aryl methyl sites for hydroxylation is 2. The number of anilines is 2. The number of nitriles is 1. The molecule has 0 aliphatic carbocycles.